The number of phenolic OH excluding ortho intramolecular Hbond substituents is 2. The van der Waals surface area contributed by atoms with Crippen LogP contribution in [-0.2, 0) is 20.6 Å². The third-order valence-electron chi connectivity index (χ3n) is 2.02. The highest BCUT2D eigenvalue weighted by Crippen LogP contribution is 2.31. The van der Waals surface area contributed by atoms with Crippen LogP contribution in [0.4, 0.5) is 0 Å². The molecule has 0 saturated carbocycles. The van der Waals surface area contributed by atoms with Gasteiger partial charge in [-0.3, -0.25) is 4.55 Å². The highest BCUT2D eigenvalue weighted by atomic mass is 32.2. The minimum absolute atomic E-state index is 0.105. The SMILES string of the molecule is CCOC(=O)c1cc(O)c(O)c(CS(=O)(=O)O)c1. The maximum atomic E-state index is 11.4. The second-order valence-corrected chi connectivity index (χ2v) is 4.90. The average molecular weight is 276 g/mol. The van der Waals surface area contributed by atoms with E-state index in [0.717, 1.165) is 12.1 Å². The van der Waals surface area contributed by atoms with Crippen LogP contribution in [-0.4, -0.2) is 35.8 Å². The predicted octanol–water partition coefficient (Wildman–Crippen LogP) is 0.662. The van der Waals surface area contributed by atoms with E-state index in [9.17, 15) is 23.4 Å². The predicted molar refractivity (Wildman–Crippen MR) is 61.0 cm³/mol. The van der Waals surface area contributed by atoms with Gasteiger partial charge >= 0.3 is 5.97 Å². The molecule has 0 fully saturated rings. The number of hydrogen-bond donors (Lipinski definition) is 3. The highest BCUT2D eigenvalue weighted by molar-refractivity contribution is 7.85. The Bertz CT molecular complexity index is 562. The summed E-state index contributed by atoms with van der Waals surface area (Å²) >= 11 is 0. The fourth-order valence-corrected chi connectivity index (χ4v) is 1.93. The molecule has 0 heterocycles. The molecular weight excluding hydrogens is 264 g/mol. The molecule has 0 radical (unpaired) electrons. The molecular formula is C10H12O7S. The lowest BCUT2D eigenvalue weighted by molar-refractivity contribution is 0.0525. The molecule has 0 aliphatic heterocycles. The van der Waals surface area contributed by atoms with E-state index in [1.807, 2.05) is 0 Å². The summed E-state index contributed by atoms with van der Waals surface area (Å²) in [6.45, 7) is 1.69. The standard InChI is InChI=1S/C10H12O7S/c1-2-17-10(13)6-3-7(5-18(14,15)16)9(12)8(11)4-6/h3-4,11-12H,2,5H2,1H3,(H,14,15,16). The van der Waals surface area contributed by atoms with Crippen LogP contribution in [0, 0.1) is 0 Å². The van der Waals surface area contributed by atoms with Crippen molar-refractivity contribution in [3.05, 3.63) is 23.3 Å². The van der Waals surface area contributed by atoms with Crippen LogP contribution in [0.5, 0.6) is 11.5 Å². The summed E-state index contributed by atoms with van der Waals surface area (Å²) in [5, 5.41) is 18.8. The fourth-order valence-electron chi connectivity index (χ4n) is 1.32. The molecule has 0 aromatic heterocycles. The summed E-state index contributed by atoms with van der Waals surface area (Å²) in [7, 11) is -4.39. The molecule has 0 saturated heterocycles. The largest absolute Gasteiger partial charge is 0.504 e. The maximum absolute atomic E-state index is 11.4. The van der Waals surface area contributed by atoms with E-state index in [0.29, 0.717) is 0 Å². The first-order valence-electron chi connectivity index (χ1n) is 4.91. The fraction of sp³-hybridized carbons (Fsp3) is 0.300. The number of esters is 1. The van der Waals surface area contributed by atoms with E-state index in [2.05, 4.69) is 4.74 Å². The van der Waals surface area contributed by atoms with Crippen LogP contribution >= 0.6 is 0 Å². The highest BCUT2D eigenvalue weighted by Gasteiger charge is 2.18. The number of ether oxygens (including phenoxy) is 1. The Balaban J connectivity index is 3.22. The van der Waals surface area contributed by atoms with Crippen LogP contribution in [0.3, 0.4) is 0 Å². The van der Waals surface area contributed by atoms with Crippen LogP contribution in [0.2, 0.25) is 0 Å². The third kappa shape index (κ3) is 3.60. The third-order valence-corrected chi connectivity index (χ3v) is 2.69. The first kappa shape index (κ1) is 14.3. The zero-order valence-corrected chi connectivity index (χ0v) is 10.3. The van der Waals surface area contributed by atoms with Crippen molar-refractivity contribution in [2.24, 2.45) is 0 Å². The van der Waals surface area contributed by atoms with Gasteiger partial charge in [0.25, 0.3) is 10.1 Å². The molecule has 0 spiro atoms. The van der Waals surface area contributed by atoms with Crippen molar-refractivity contribution >= 4 is 16.1 Å². The number of aromatic hydroxyl groups is 2. The van der Waals surface area contributed by atoms with Crippen LogP contribution in [0.25, 0.3) is 0 Å². The number of hydrogen-bond acceptors (Lipinski definition) is 6. The van der Waals surface area contributed by atoms with Gasteiger partial charge in [-0.05, 0) is 19.1 Å². The smallest absolute Gasteiger partial charge is 0.338 e. The molecule has 0 amide bonds. The van der Waals surface area contributed by atoms with Crippen molar-refractivity contribution in [3.63, 3.8) is 0 Å². The van der Waals surface area contributed by atoms with Gasteiger partial charge in [0.1, 0.15) is 5.75 Å². The lowest BCUT2D eigenvalue weighted by Crippen LogP contribution is -2.07. The van der Waals surface area contributed by atoms with E-state index in [4.69, 9.17) is 4.55 Å². The molecule has 0 atom stereocenters. The second-order valence-electron chi connectivity index (χ2n) is 3.45. The Morgan fingerprint density at radius 3 is 2.44 bits per heavy atom. The van der Waals surface area contributed by atoms with Gasteiger partial charge in [0, 0.05) is 5.56 Å². The molecule has 100 valence electrons. The Kier molecular flexibility index (Phi) is 4.15. The normalized spacial score (nSPS) is 11.2. The van der Waals surface area contributed by atoms with Crippen molar-refractivity contribution in [2.75, 3.05) is 6.61 Å². The molecule has 0 aliphatic carbocycles. The topological polar surface area (TPSA) is 121 Å². The van der Waals surface area contributed by atoms with Gasteiger partial charge in [-0.15, -0.1) is 0 Å². The average Bonchev–Trinajstić information content (AvgIpc) is 2.22. The lowest BCUT2D eigenvalue weighted by Gasteiger charge is -2.08. The van der Waals surface area contributed by atoms with E-state index in [1.165, 1.54) is 0 Å². The molecule has 18 heavy (non-hydrogen) atoms. The van der Waals surface area contributed by atoms with Gasteiger partial charge in [0.15, 0.2) is 11.5 Å². The molecule has 3 N–H and O–H groups in total. The molecule has 1 rings (SSSR count). The number of carbonyl (C=O) groups is 1. The number of benzene rings is 1. The van der Waals surface area contributed by atoms with Gasteiger partial charge in [-0.25, -0.2) is 4.79 Å². The monoisotopic (exact) mass is 276 g/mol. The summed E-state index contributed by atoms with van der Waals surface area (Å²) in [6, 6.07) is 1.97. The second kappa shape index (κ2) is 5.23. The number of phenols is 2. The Morgan fingerprint density at radius 1 is 1.33 bits per heavy atom. The Hall–Kier alpha value is -1.80. The van der Waals surface area contributed by atoms with E-state index in [1.54, 1.807) is 6.92 Å². The van der Waals surface area contributed by atoms with Crippen molar-refractivity contribution in [3.8, 4) is 11.5 Å². The van der Waals surface area contributed by atoms with Crippen molar-refractivity contribution < 1.29 is 32.7 Å². The van der Waals surface area contributed by atoms with Gasteiger partial charge in [-0.2, -0.15) is 8.42 Å². The molecule has 0 bridgehead atoms. The molecule has 1 aromatic carbocycles. The van der Waals surface area contributed by atoms with Gasteiger partial charge in [0.2, 0.25) is 0 Å². The molecule has 1 aromatic rings. The van der Waals surface area contributed by atoms with Crippen LogP contribution in [0.15, 0.2) is 12.1 Å². The first-order valence-corrected chi connectivity index (χ1v) is 6.52. The lowest BCUT2D eigenvalue weighted by atomic mass is 10.1. The Morgan fingerprint density at radius 2 is 1.94 bits per heavy atom. The first-order chi connectivity index (χ1) is 8.24. The zero-order valence-electron chi connectivity index (χ0n) is 9.45. The van der Waals surface area contributed by atoms with Gasteiger partial charge in [0.05, 0.1) is 12.2 Å². The van der Waals surface area contributed by atoms with Crippen molar-refractivity contribution in [2.45, 2.75) is 12.7 Å². The van der Waals surface area contributed by atoms with Gasteiger partial charge in [-0.1, -0.05) is 0 Å². The maximum Gasteiger partial charge on any atom is 0.338 e. The summed E-state index contributed by atoms with van der Waals surface area (Å²) < 4.78 is 34.8. The summed E-state index contributed by atoms with van der Waals surface area (Å²) in [5.41, 5.74) is -0.411. The number of carbonyl (C=O) groups excluding carboxylic acids is 1. The number of rotatable bonds is 4. The van der Waals surface area contributed by atoms with E-state index >= 15 is 0 Å². The van der Waals surface area contributed by atoms with E-state index in [-0.39, 0.29) is 17.7 Å². The molecule has 8 heteroatoms. The summed E-state index contributed by atoms with van der Waals surface area (Å²) in [4.78, 5) is 11.4. The minimum Gasteiger partial charge on any atom is -0.504 e. The van der Waals surface area contributed by atoms with Crippen molar-refractivity contribution in [1.82, 2.24) is 0 Å². The van der Waals surface area contributed by atoms with E-state index < -0.39 is 33.3 Å². The van der Waals surface area contributed by atoms with Gasteiger partial charge < -0.3 is 14.9 Å². The summed E-state index contributed by atoms with van der Waals surface area (Å²) in [5.74, 6) is -3.07. The quantitative estimate of drug-likeness (QED) is 0.419. The Labute approximate surface area is 103 Å². The van der Waals surface area contributed by atoms with Crippen LogP contribution < -0.4 is 0 Å². The molecule has 7 nitrogen and oxygen atoms in total. The molecule has 0 unspecified atom stereocenters. The van der Waals surface area contributed by atoms with Crippen LogP contribution in [0.1, 0.15) is 22.8 Å². The molecule has 0 aliphatic rings. The zero-order chi connectivity index (χ0) is 13.9. The minimum atomic E-state index is -4.39. The van der Waals surface area contributed by atoms with Crippen molar-refractivity contribution in [1.29, 1.82) is 0 Å². The summed E-state index contributed by atoms with van der Waals surface area (Å²) in [6.07, 6.45) is 0.